The molecule has 208 valence electrons. The molecule has 1 heterocycles. The van der Waals surface area contributed by atoms with Crippen LogP contribution in [0, 0.1) is 0 Å². The molecule has 0 atom stereocenters. The molecule has 40 heavy (non-hydrogen) atoms. The molecule has 0 radical (unpaired) electrons. The predicted molar refractivity (Wildman–Crippen MR) is 146 cm³/mol. The van der Waals surface area contributed by atoms with Gasteiger partial charge in [-0.25, -0.2) is 0 Å². The summed E-state index contributed by atoms with van der Waals surface area (Å²) >= 11 is 0. The number of hydrogen-bond acceptors (Lipinski definition) is 2. The van der Waals surface area contributed by atoms with Crippen molar-refractivity contribution >= 4 is 22.1 Å². The van der Waals surface area contributed by atoms with E-state index in [1.165, 1.54) is 60.7 Å². The Balaban J connectivity index is 2.00. The molecule has 1 aromatic heterocycles. The number of halogens is 6. The summed E-state index contributed by atoms with van der Waals surface area (Å²) in [6.07, 6.45) is 5.08. The number of furan rings is 1. The zero-order valence-corrected chi connectivity index (χ0v) is 21.8. The van der Waals surface area contributed by atoms with Gasteiger partial charge in [0, 0.05) is 34.1 Å². The van der Waals surface area contributed by atoms with Crippen LogP contribution in [0.25, 0.3) is 22.1 Å². The van der Waals surface area contributed by atoms with Crippen LogP contribution in [0.4, 0.5) is 26.3 Å². The zero-order chi connectivity index (χ0) is 29.5. The number of alkyl halides is 6. The van der Waals surface area contributed by atoms with Crippen LogP contribution >= 0.6 is 0 Å². The van der Waals surface area contributed by atoms with E-state index in [0.717, 1.165) is 0 Å². The first-order valence-electron chi connectivity index (χ1n) is 12.2. The number of para-hydroxylation sites is 2. The van der Waals surface area contributed by atoms with E-state index in [9.17, 15) is 0 Å². The Morgan fingerprint density at radius 1 is 0.950 bits per heavy atom. The first kappa shape index (κ1) is 28.8. The van der Waals surface area contributed by atoms with Crippen LogP contribution in [-0.2, 0) is 6.42 Å². The first-order chi connectivity index (χ1) is 18.8. The van der Waals surface area contributed by atoms with Gasteiger partial charge >= 0.3 is 17.8 Å². The van der Waals surface area contributed by atoms with Crippen LogP contribution in [-0.4, -0.2) is 17.8 Å². The number of benzene rings is 2. The summed E-state index contributed by atoms with van der Waals surface area (Å²) in [6, 6.07) is 11.6. The highest BCUT2D eigenvalue weighted by Crippen LogP contribution is 2.64. The summed E-state index contributed by atoms with van der Waals surface area (Å²) in [6.45, 7) is 14.4. The Kier molecular flexibility index (Phi) is 7.49. The van der Waals surface area contributed by atoms with Gasteiger partial charge in [0.05, 0.1) is 0 Å². The standard InChI is InChI=1S/C32H26F6O2/c1-6-12-19(3)21(5)39-25-16-10-8-14-22(25)18-24-28(31(35,36)32(37,38)30(24,33)34)27-23-15-9-11-17-26(23)40-29(27)20(4)13-7-2/h6-17H,1,4-5,18H2,2-3H3. The van der Waals surface area contributed by atoms with E-state index >= 15 is 26.3 Å². The van der Waals surface area contributed by atoms with Crippen molar-refractivity contribution in [1.82, 2.24) is 0 Å². The second-order valence-corrected chi connectivity index (χ2v) is 9.30. The lowest BCUT2D eigenvalue weighted by Gasteiger charge is -2.26. The fraction of sp³-hybridized carbons (Fsp3) is 0.188. The molecule has 0 aliphatic heterocycles. The Hall–Kier alpha value is -4.20. The summed E-state index contributed by atoms with van der Waals surface area (Å²) in [7, 11) is 0. The van der Waals surface area contributed by atoms with Gasteiger partial charge < -0.3 is 9.15 Å². The monoisotopic (exact) mass is 556 g/mol. The summed E-state index contributed by atoms with van der Waals surface area (Å²) in [5, 5.41) is -0.0214. The van der Waals surface area contributed by atoms with E-state index in [0.29, 0.717) is 5.57 Å². The SMILES string of the molecule is C=CC=C(C)C(=C)Oc1ccccc1CC1=C(c2c(C(=C)C=CC)oc3ccccc23)C(F)(F)C(F)(F)C1(F)F. The van der Waals surface area contributed by atoms with Crippen molar-refractivity contribution in [2.45, 2.75) is 38.0 Å². The lowest BCUT2D eigenvalue weighted by molar-refractivity contribution is -0.260. The molecule has 0 unspecified atom stereocenters. The molecule has 3 aromatic rings. The van der Waals surface area contributed by atoms with Gasteiger partial charge in [-0.1, -0.05) is 80.4 Å². The van der Waals surface area contributed by atoms with E-state index in [1.807, 2.05) is 0 Å². The third kappa shape index (κ3) is 4.51. The minimum atomic E-state index is -5.72. The normalized spacial score (nSPS) is 17.9. The quantitative estimate of drug-likeness (QED) is 0.149. The minimum Gasteiger partial charge on any atom is -0.457 e. The molecule has 0 spiro atoms. The van der Waals surface area contributed by atoms with E-state index in [1.54, 1.807) is 26.0 Å². The zero-order valence-electron chi connectivity index (χ0n) is 21.8. The van der Waals surface area contributed by atoms with Gasteiger partial charge in [0.2, 0.25) is 0 Å². The van der Waals surface area contributed by atoms with Crippen molar-refractivity contribution in [3.05, 3.63) is 126 Å². The Bertz CT molecular complexity index is 1600. The third-order valence-corrected chi connectivity index (χ3v) is 6.67. The molecule has 2 nitrogen and oxygen atoms in total. The minimum absolute atomic E-state index is 0.00101. The highest BCUT2D eigenvalue weighted by atomic mass is 19.3. The van der Waals surface area contributed by atoms with Crippen molar-refractivity contribution < 1.29 is 35.5 Å². The van der Waals surface area contributed by atoms with E-state index in [-0.39, 0.29) is 39.4 Å². The second-order valence-electron chi connectivity index (χ2n) is 9.30. The van der Waals surface area contributed by atoms with Crippen LogP contribution in [0.15, 0.2) is 114 Å². The average molecular weight is 557 g/mol. The molecule has 0 bridgehead atoms. The van der Waals surface area contributed by atoms with Crippen LogP contribution in [0.3, 0.4) is 0 Å². The fourth-order valence-corrected chi connectivity index (χ4v) is 4.62. The molecular weight excluding hydrogens is 530 g/mol. The van der Waals surface area contributed by atoms with Crippen LogP contribution in [0.1, 0.15) is 30.7 Å². The van der Waals surface area contributed by atoms with Gasteiger partial charge in [0.25, 0.3) is 0 Å². The van der Waals surface area contributed by atoms with Crippen molar-refractivity contribution in [3.8, 4) is 5.75 Å². The molecule has 0 saturated heterocycles. The lowest BCUT2D eigenvalue weighted by Crippen LogP contribution is -2.49. The summed E-state index contributed by atoms with van der Waals surface area (Å²) in [5.41, 5.74) is -2.83. The molecule has 8 heteroatoms. The van der Waals surface area contributed by atoms with Gasteiger partial charge in [0.1, 0.15) is 22.9 Å². The highest BCUT2D eigenvalue weighted by molar-refractivity contribution is 6.01. The number of ether oxygens (including phenoxy) is 1. The summed E-state index contributed by atoms with van der Waals surface area (Å²) < 4.78 is 104. The topological polar surface area (TPSA) is 22.4 Å². The van der Waals surface area contributed by atoms with Gasteiger partial charge in [0.15, 0.2) is 0 Å². The Labute approximate surface area is 227 Å². The average Bonchev–Trinajstić information content (AvgIpc) is 3.32. The number of hydrogen-bond donors (Lipinski definition) is 0. The second kappa shape index (κ2) is 10.4. The maximum Gasteiger partial charge on any atom is 0.380 e. The molecule has 1 aliphatic rings. The Morgan fingerprint density at radius 2 is 1.60 bits per heavy atom. The Morgan fingerprint density at radius 3 is 2.27 bits per heavy atom. The molecule has 0 fully saturated rings. The predicted octanol–water partition coefficient (Wildman–Crippen LogP) is 9.96. The number of fused-ring (bicyclic) bond motifs is 1. The van der Waals surface area contributed by atoms with Crippen molar-refractivity contribution in [3.63, 3.8) is 0 Å². The fourth-order valence-electron chi connectivity index (χ4n) is 4.62. The third-order valence-electron chi connectivity index (χ3n) is 6.67. The molecule has 0 saturated carbocycles. The van der Waals surface area contributed by atoms with Crippen LogP contribution < -0.4 is 4.74 Å². The maximum atomic E-state index is 15.6. The highest BCUT2D eigenvalue weighted by Gasteiger charge is 2.80. The van der Waals surface area contributed by atoms with E-state index < -0.39 is 40.9 Å². The molecule has 4 rings (SSSR count). The van der Waals surface area contributed by atoms with Crippen molar-refractivity contribution in [1.29, 1.82) is 0 Å². The summed E-state index contributed by atoms with van der Waals surface area (Å²) in [4.78, 5) is 0. The number of rotatable bonds is 9. The molecule has 1 aliphatic carbocycles. The lowest BCUT2D eigenvalue weighted by atomic mass is 9.91. The van der Waals surface area contributed by atoms with Crippen molar-refractivity contribution in [2.75, 3.05) is 0 Å². The van der Waals surface area contributed by atoms with E-state index in [4.69, 9.17) is 9.15 Å². The van der Waals surface area contributed by atoms with Gasteiger partial charge in [-0.3, -0.25) is 0 Å². The largest absolute Gasteiger partial charge is 0.457 e. The molecule has 0 amide bonds. The van der Waals surface area contributed by atoms with Gasteiger partial charge in [-0.15, -0.1) is 0 Å². The maximum absolute atomic E-state index is 15.6. The first-order valence-corrected chi connectivity index (χ1v) is 12.2. The molecule has 0 N–H and O–H groups in total. The molecular formula is C32H26F6O2. The summed E-state index contributed by atoms with van der Waals surface area (Å²) in [5.74, 6) is -16.3. The van der Waals surface area contributed by atoms with Crippen molar-refractivity contribution in [2.24, 2.45) is 0 Å². The van der Waals surface area contributed by atoms with Crippen LogP contribution in [0.2, 0.25) is 0 Å². The van der Waals surface area contributed by atoms with Crippen LogP contribution in [0.5, 0.6) is 5.75 Å². The van der Waals surface area contributed by atoms with Gasteiger partial charge in [-0.05, 0) is 37.1 Å². The molecule has 2 aromatic carbocycles. The van der Waals surface area contributed by atoms with E-state index in [2.05, 4.69) is 19.7 Å². The number of allylic oxidation sites excluding steroid dienone is 8. The van der Waals surface area contributed by atoms with Gasteiger partial charge in [-0.2, -0.15) is 26.3 Å². The smallest absolute Gasteiger partial charge is 0.380 e.